The van der Waals surface area contributed by atoms with Crippen molar-refractivity contribution in [2.75, 3.05) is 0 Å². The van der Waals surface area contributed by atoms with Crippen molar-refractivity contribution >= 4 is 51.3 Å². The summed E-state index contributed by atoms with van der Waals surface area (Å²) < 4.78 is 8.92. The van der Waals surface area contributed by atoms with Crippen LogP contribution in [0.15, 0.2) is 106 Å². The molecular weight excluding hydrogens is 552 g/mol. The number of hydrogen-bond acceptors (Lipinski definition) is 1. The molecule has 0 bridgehead atoms. The van der Waals surface area contributed by atoms with Crippen LogP contribution in [0.25, 0.3) is 11.1 Å². The number of benzene rings is 4. The van der Waals surface area contributed by atoms with Gasteiger partial charge in [0.05, 0.1) is 6.61 Å². The molecule has 4 aromatic carbocycles. The molecule has 0 fully saturated rings. The standard InChI is InChI=1S/C29H28Br2OSi/c1-29(2,3)23-14-15-28(21-17-24(30)19-25(31)18-21)22(16-23)20-32-33(26-10-6-4-7-11-26)27-12-8-5-9-13-27/h4-19,33H,20H2,1-3H3. The minimum absolute atomic E-state index is 0.0703. The summed E-state index contributed by atoms with van der Waals surface area (Å²) >= 11 is 7.30. The number of halogens is 2. The van der Waals surface area contributed by atoms with E-state index in [1.807, 2.05) is 0 Å². The highest BCUT2D eigenvalue weighted by molar-refractivity contribution is 9.11. The molecule has 168 valence electrons. The van der Waals surface area contributed by atoms with Gasteiger partial charge in [-0.1, -0.05) is 131 Å². The van der Waals surface area contributed by atoms with Gasteiger partial charge in [0, 0.05) is 8.95 Å². The van der Waals surface area contributed by atoms with Gasteiger partial charge in [0.2, 0.25) is 9.04 Å². The van der Waals surface area contributed by atoms with Crippen LogP contribution < -0.4 is 10.4 Å². The molecule has 0 aliphatic heterocycles. The lowest BCUT2D eigenvalue weighted by Gasteiger charge is -2.23. The average molecular weight is 580 g/mol. The van der Waals surface area contributed by atoms with Gasteiger partial charge in [-0.05, 0) is 56.2 Å². The fraction of sp³-hybridized carbons (Fsp3) is 0.172. The number of hydrogen-bond donors (Lipinski definition) is 0. The molecule has 0 amide bonds. The van der Waals surface area contributed by atoms with Crippen LogP contribution in [-0.4, -0.2) is 9.04 Å². The summed E-state index contributed by atoms with van der Waals surface area (Å²) in [7, 11) is -1.83. The first-order valence-electron chi connectivity index (χ1n) is 11.1. The third-order valence-corrected chi connectivity index (χ3v) is 9.15. The molecule has 0 unspecified atom stereocenters. The Bertz CT molecular complexity index is 1160. The smallest absolute Gasteiger partial charge is 0.240 e. The predicted octanol–water partition coefficient (Wildman–Crippen LogP) is 7.23. The zero-order valence-corrected chi connectivity index (χ0v) is 23.5. The Morgan fingerprint density at radius 3 is 1.76 bits per heavy atom. The molecule has 0 radical (unpaired) electrons. The van der Waals surface area contributed by atoms with E-state index in [-0.39, 0.29) is 5.41 Å². The molecule has 0 aliphatic rings. The first-order chi connectivity index (χ1) is 15.8. The topological polar surface area (TPSA) is 9.23 Å². The van der Waals surface area contributed by atoms with Crippen molar-refractivity contribution in [1.29, 1.82) is 0 Å². The van der Waals surface area contributed by atoms with Crippen LogP contribution in [0.4, 0.5) is 0 Å². The van der Waals surface area contributed by atoms with Crippen LogP contribution >= 0.6 is 31.9 Å². The maximum Gasteiger partial charge on any atom is 0.240 e. The quantitative estimate of drug-likeness (QED) is 0.219. The Kier molecular flexibility index (Phi) is 7.70. The molecule has 1 nitrogen and oxygen atoms in total. The minimum atomic E-state index is -1.83. The fourth-order valence-corrected chi connectivity index (χ4v) is 7.54. The molecule has 4 aromatic rings. The van der Waals surface area contributed by atoms with Gasteiger partial charge in [-0.15, -0.1) is 0 Å². The second kappa shape index (κ2) is 10.5. The lowest BCUT2D eigenvalue weighted by molar-refractivity contribution is 0.322. The highest BCUT2D eigenvalue weighted by Crippen LogP contribution is 2.33. The number of rotatable bonds is 6. The van der Waals surface area contributed by atoms with E-state index < -0.39 is 9.04 Å². The van der Waals surface area contributed by atoms with Gasteiger partial charge in [-0.2, -0.15) is 0 Å². The van der Waals surface area contributed by atoms with E-state index in [0.29, 0.717) is 6.61 Å². The van der Waals surface area contributed by atoms with E-state index in [0.717, 1.165) is 8.95 Å². The first-order valence-corrected chi connectivity index (χ1v) is 14.3. The molecule has 4 heteroatoms. The van der Waals surface area contributed by atoms with Gasteiger partial charge in [0.1, 0.15) is 0 Å². The van der Waals surface area contributed by atoms with Gasteiger partial charge in [0.15, 0.2) is 0 Å². The molecule has 0 spiro atoms. The maximum atomic E-state index is 6.81. The van der Waals surface area contributed by atoms with Crippen LogP contribution in [0.3, 0.4) is 0 Å². The zero-order chi connectivity index (χ0) is 23.4. The fourth-order valence-electron chi connectivity index (χ4n) is 3.98. The van der Waals surface area contributed by atoms with Crippen LogP contribution in [0.5, 0.6) is 0 Å². The van der Waals surface area contributed by atoms with Crippen LogP contribution in [0.1, 0.15) is 31.9 Å². The van der Waals surface area contributed by atoms with Crippen LogP contribution in [-0.2, 0) is 16.4 Å². The summed E-state index contributed by atoms with van der Waals surface area (Å²) in [5.41, 5.74) is 4.99. The molecule has 0 aliphatic carbocycles. The van der Waals surface area contributed by atoms with Crippen molar-refractivity contribution in [3.63, 3.8) is 0 Å². The van der Waals surface area contributed by atoms with Gasteiger partial charge < -0.3 is 4.43 Å². The third-order valence-electron chi connectivity index (χ3n) is 5.75. The first kappa shape index (κ1) is 24.2. The largest absolute Gasteiger partial charge is 0.407 e. The van der Waals surface area contributed by atoms with E-state index in [1.54, 1.807) is 0 Å². The molecule has 0 saturated heterocycles. The summed E-state index contributed by atoms with van der Waals surface area (Å²) in [6.07, 6.45) is 0. The lowest BCUT2D eigenvalue weighted by atomic mass is 9.84. The summed E-state index contributed by atoms with van der Waals surface area (Å²) in [5.74, 6) is 0. The Morgan fingerprint density at radius 2 is 1.24 bits per heavy atom. The van der Waals surface area contributed by atoms with Gasteiger partial charge in [0.25, 0.3) is 0 Å². The highest BCUT2D eigenvalue weighted by Gasteiger charge is 2.20. The van der Waals surface area contributed by atoms with E-state index in [1.165, 1.54) is 32.6 Å². The van der Waals surface area contributed by atoms with Gasteiger partial charge >= 0.3 is 0 Å². The van der Waals surface area contributed by atoms with Crippen molar-refractivity contribution in [3.8, 4) is 11.1 Å². The molecular formula is C29H28Br2OSi. The molecule has 0 atom stereocenters. The zero-order valence-electron chi connectivity index (χ0n) is 19.2. The van der Waals surface area contributed by atoms with Crippen molar-refractivity contribution in [2.24, 2.45) is 0 Å². The van der Waals surface area contributed by atoms with Crippen molar-refractivity contribution < 1.29 is 4.43 Å². The van der Waals surface area contributed by atoms with Crippen molar-refractivity contribution in [3.05, 3.63) is 117 Å². The third kappa shape index (κ3) is 6.13. The van der Waals surface area contributed by atoms with Crippen LogP contribution in [0, 0.1) is 0 Å². The molecule has 0 heterocycles. The molecule has 0 N–H and O–H groups in total. The van der Waals surface area contributed by atoms with E-state index >= 15 is 0 Å². The molecule has 4 rings (SSSR count). The van der Waals surface area contributed by atoms with Gasteiger partial charge in [-0.25, -0.2) is 0 Å². The monoisotopic (exact) mass is 578 g/mol. The predicted molar refractivity (Wildman–Crippen MR) is 150 cm³/mol. The van der Waals surface area contributed by atoms with E-state index in [4.69, 9.17) is 4.43 Å². The van der Waals surface area contributed by atoms with E-state index in [9.17, 15) is 0 Å². The molecule has 0 aromatic heterocycles. The summed E-state index contributed by atoms with van der Waals surface area (Å²) in [4.78, 5) is 0. The van der Waals surface area contributed by atoms with Crippen LogP contribution in [0.2, 0.25) is 0 Å². The lowest BCUT2D eigenvalue weighted by Crippen LogP contribution is -2.44. The van der Waals surface area contributed by atoms with E-state index in [2.05, 4.69) is 150 Å². The average Bonchev–Trinajstić information content (AvgIpc) is 2.79. The highest BCUT2D eigenvalue weighted by atomic mass is 79.9. The minimum Gasteiger partial charge on any atom is -0.407 e. The second-order valence-corrected chi connectivity index (χ2v) is 13.6. The summed E-state index contributed by atoms with van der Waals surface area (Å²) in [6, 6.07) is 34.6. The normalized spacial score (nSPS) is 11.7. The molecule has 0 saturated carbocycles. The Labute approximate surface area is 215 Å². The van der Waals surface area contributed by atoms with Crippen molar-refractivity contribution in [2.45, 2.75) is 32.8 Å². The van der Waals surface area contributed by atoms with Gasteiger partial charge in [-0.3, -0.25) is 0 Å². The summed E-state index contributed by atoms with van der Waals surface area (Å²) in [5, 5.41) is 2.59. The Balaban J connectivity index is 1.74. The Morgan fingerprint density at radius 1 is 0.697 bits per heavy atom. The Hall–Kier alpha value is -1.98. The second-order valence-electron chi connectivity index (χ2n) is 9.29. The molecule has 33 heavy (non-hydrogen) atoms. The SMILES string of the molecule is CC(C)(C)c1ccc(-c2cc(Br)cc(Br)c2)c(CO[SiH](c2ccccc2)c2ccccc2)c1. The summed E-state index contributed by atoms with van der Waals surface area (Å²) in [6.45, 7) is 7.35. The maximum absolute atomic E-state index is 6.81. The van der Waals surface area contributed by atoms with Crippen molar-refractivity contribution in [1.82, 2.24) is 0 Å².